The average Bonchev–Trinajstić information content (AvgIpc) is 3.35. The van der Waals surface area contributed by atoms with E-state index in [1.165, 1.54) is 11.3 Å². The SMILES string of the molecule is O=C(NCc1cc(Cc2ccccc2Cl)cs1)[C@H](O)[C@@H](O)C(=O)N1CCCCC1c1ccccc1. The summed E-state index contributed by atoms with van der Waals surface area (Å²) < 4.78 is 0. The zero-order chi connectivity index (χ0) is 24.8. The highest BCUT2D eigenvalue weighted by Crippen LogP contribution is 2.31. The summed E-state index contributed by atoms with van der Waals surface area (Å²) in [6.07, 6.45) is -0.416. The van der Waals surface area contributed by atoms with Crippen LogP contribution in [0, 0.1) is 0 Å². The van der Waals surface area contributed by atoms with Crippen LogP contribution >= 0.6 is 22.9 Å². The quantitative estimate of drug-likeness (QED) is 0.424. The first kappa shape index (κ1) is 25.4. The minimum Gasteiger partial charge on any atom is -0.380 e. The van der Waals surface area contributed by atoms with Gasteiger partial charge in [-0.15, -0.1) is 11.3 Å². The van der Waals surface area contributed by atoms with Crippen LogP contribution in [0.5, 0.6) is 0 Å². The second-order valence-corrected chi connectivity index (χ2v) is 10.2. The van der Waals surface area contributed by atoms with Gasteiger partial charge in [-0.3, -0.25) is 9.59 Å². The Morgan fingerprint density at radius 2 is 1.80 bits per heavy atom. The number of hydrogen-bond donors (Lipinski definition) is 3. The third-order valence-electron chi connectivity index (χ3n) is 6.29. The van der Waals surface area contributed by atoms with Gasteiger partial charge in [0.1, 0.15) is 0 Å². The van der Waals surface area contributed by atoms with Crippen LogP contribution < -0.4 is 5.32 Å². The van der Waals surface area contributed by atoms with E-state index in [1.54, 1.807) is 4.90 Å². The topological polar surface area (TPSA) is 89.9 Å². The summed E-state index contributed by atoms with van der Waals surface area (Å²) in [6.45, 7) is 0.674. The van der Waals surface area contributed by atoms with Crippen LogP contribution in [0.4, 0.5) is 0 Å². The van der Waals surface area contributed by atoms with Crippen LogP contribution in [0.15, 0.2) is 66.0 Å². The highest BCUT2D eigenvalue weighted by Gasteiger charge is 2.37. The lowest BCUT2D eigenvalue weighted by Gasteiger charge is -2.37. The molecule has 6 nitrogen and oxygen atoms in total. The minimum absolute atomic E-state index is 0.176. The van der Waals surface area contributed by atoms with E-state index in [0.717, 1.165) is 40.8 Å². The van der Waals surface area contributed by atoms with Crippen LogP contribution in [0.3, 0.4) is 0 Å². The number of amides is 2. The summed E-state index contributed by atoms with van der Waals surface area (Å²) in [5, 5.41) is 26.3. The van der Waals surface area contributed by atoms with E-state index in [2.05, 4.69) is 5.32 Å². The maximum Gasteiger partial charge on any atom is 0.255 e. The first-order valence-electron chi connectivity index (χ1n) is 11.7. The molecule has 0 radical (unpaired) electrons. The summed E-state index contributed by atoms with van der Waals surface area (Å²) in [5.74, 6) is -1.40. The van der Waals surface area contributed by atoms with Crippen molar-refractivity contribution in [1.29, 1.82) is 0 Å². The van der Waals surface area contributed by atoms with Crippen LogP contribution in [0.2, 0.25) is 5.02 Å². The van der Waals surface area contributed by atoms with Gasteiger partial charge in [-0.1, -0.05) is 60.1 Å². The van der Waals surface area contributed by atoms with E-state index in [4.69, 9.17) is 11.6 Å². The summed E-state index contributed by atoms with van der Waals surface area (Å²) in [5.41, 5.74) is 3.07. The van der Waals surface area contributed by atoms with E-state index in [1.807, 2.05) is 66.0 Å². The van der Waals surface area contributed by atoms with Crippen molar-refractivity contribution in [2.24, 2.45) is 0 Å². The molecule has 0 bridgehead atoms. The number of rotatable bonds is 8. The Bertz CT molecular complexity index is 1150. The standard InChI is InChI=1S/C27H29ClN2O4S/c28-22-11-5-4-10-20(22)14-18-15-21(35-17-18)16-29-26(33)24(31)25(32)27(34)30-13-7-6-12-23(30)19-8-2-1-3-9-19/h1-5,8-11,15,17,23-25,31-32H,6-7,12-14,16H2,(H,29,33)/t23?,24-,25-/m1/s1. The van der Waals surface area contributed by atoms with Gasteiger partial charge in [0.25, 0.3) is 11.8 Å². The van der Waals surface area contributed by atoms with Crippen LogP contribution in [0.25, 0.3) is 0 Å². The summed E-state index contributed by atoms with van der Waals surface area (Å²) in [6, 6.07) is 19.1. The maximum atomic E-state index is 13.0. The van der Waals surface area contributed by atoms with Crippen molar-refractivity contribution < 1.29 is 19.8 Å². The fourth-order valence-electron chi connectivity index (χ4n) is 4.42. The van der Waals surface area contributed by atoms with E-state index < -0.39 is 24.0 Å². The molecule has 0 spiro atoms. The fourth-order valence-corrected chi connectivity index (χ4v) is 5.45. The maximum absolute atomic E-state index is 13.0. The highest BCUT2D eigenvalue weighted by atomic mass is 35.5. The van der Waals surface area contributed by atoms with Crippen LogP contribution in [0.1, 0.15) is 46.9 Å². The number of hydrogen-bond acceptors (Lipinski definition) is 5. The number of aliphatic hydroxyl groups excluding tert-OH is 2. The zero-order valence-corrected chi connectivity index (χ0v) is 20.8. The Morgan fingerprint density at radius 3 is 2.57 bits per heavy atom. The summed E-state index contributed by atoms with van der Waals surface area (Å²) >= 11 is 7.72. The minimum atomic E-state index is -1.84. The van der Waals surface area contributed by atoms with Gasteiger partial charge in [-0.25, -0.2) is 0 Å². The molecule has 1 unspecified atom stereocenters. The van der Waals surface area contributed by atoms with E-state index in [9.17, 15) is 19.8 Å². The van der Waals surface area contributed by atoms with Gasteiger partial charge in [0.2, 0.25) is 0 Å². The van der Waals surface area contributed by atoms with Crippen molar-refractivity contribution >= 4 is 34.8 Å². The molecule has 2 amide bonds. The second kappa shape index (κ2) is 11.8. The normalized spacial score (nSPS) is 17.6. The van der Waals surface area contributed by atoms with Crippen molar-refractivity contribution in [3.63, 3.8) is 0 Å². The molecule has 8 heteroatoms. The molecule has 35 heavy (non-hydrogen) atoms. The number of aliphatic hydroxyl groups is 2. The highest BCUT2D eigenvalue weighted by molar-refractivity contribution is 7.10. The van der Waals surface area contributed by atoms with Crippen molar-refractivity contribution in [2.45, 2.75) is 50.5 Å². The fraction of sp³-hybridized carbons (Fsp3) is 0.333. The number of nitrogens with zero attached hydrogens (tertiary/aromatic N) is 1. The van der Waals surface area contributed by atoms with E-state index >= 15 is 0 Å². The molecular formula is C27H29ClN2O4S. The van der Waals surface area contributed by atoms with Gasteiger partial charge >= 0.3 is 0 Å². The van der Waals surface area contributed by atoms with Gasteiger partial charge < -0.3 is 20.4 Å². The number of benzene rings is 2. The smallest absolute Gasteiger partial charge is 0.255 e. The Labute approximate surface area is 214 Å². The summed E-state index contributed by atoms with van der Waals surface area (Å²) in [4.78, 5) is 28.0. The second-order valence-electron chi connectivity index (χ2n) is 8.75. The van der Waals surface area contributed by atoms with Crippen molar-refractivity contribution in [3.05, 3.63) is 92.6 Å². The number of nitrogens with one attached hydrogen (secondary N) is 1. The first-order valence-corrected chi connectivity index (χ1v) is 13.0. The third-order valence-corrected chi connectivity index (χ3v) is 7.64. The van der Waals surface area contributed by atoms with Gasteiger partial charge in [-0.05, 0) is 59.9 Å². The Balaban J connectivity index is 1.33. The number of likely N-dealkylation sites (tertiary alicyclic amines) is 1. The molecule has 184 valence electrons. The molecule has 3 atom stereocenters. The third kappa shape index (κ3) is 6.30. The lowest BCUT2D eigenvalue weighted by molar-refractivity contribution is -0.156. The number of halogens is 1. The predicted molar refractivity (Wildman–Crippen MR) is 137 cm³/mol. The average molecular weight is 513 g/mol. The first-order chi connectivity index (χ1) is 16.9. The molecule has 1 fully saturated rings. The van der Waals surface area contributed by atoms with E-state index in [0.29, 0.717) is 18.0 Å². The molecule has 1 aromatic heterocycles. The summed E-state index contributed by atoms with van der Waals surface area (Å²) in [7, 11) is 0. The molecule has 2 aromatic carbocycles. The van der Waals surface area contributed by atoms with Crippen molar-refractivity contribution in [2.75, 3.05) is 6.54 Å². The zero-order valence-electron chi connectivity index (χ0n) is 19.3. The van der Waals surface area contributed by atoms with E-state index in [-0.39, 0.29) is 12.6 Å². The molecule has 0 saturated carbocycles. The molecule has 1 aliphatic rings. The van der Waals surface area contributed by atoms with Crippen LogP contribution in [-0.2, 0) is 22.6 Å². The van der Waals surface area contributed by atoms with Crippen LogP contribution in [-0.4, -0.2) is 45.7 Å². The van der Waals surface area contributed by atoms with Gasteiger partial charge in [-0.2, -0.15) is 0 Å². The Morgan fingerprint density at radius 1 is 1.06 bits per heavy atom. The molecule has 4 rings (SSSR count). The molecule has 0 aliphatic carbocycles. The van der Waals surface area contributed by atoms with Gasteiger partial charge in [0.15, 0.2) is 12.2 Å². The van der Waals surface area contributed by atoms with Gasteiger partial charge in [0.05, 0.1) is 12.6 Å². The number of carbonyl (C=O) groups excluding carboxylic acids is 2. The Hall–Kier alpha value is -2.71. The molecule has 1 aliphatic heterocycles. The Kier molecular flexibility index (Phi) is 8.57. The van der Waals surface area contributed by atoms with Crippen molar-refractivity contribution in [1.82, 2.24) is 10.2 Å². The largest absolute Gasteiger partial charge is 0.380 e. The number of piperidine rings is 1. The van der Waals surface area contributed by atoms with Crippen molar-refractivity contribution in [3.8, 4) is 0 Å². The monoisotopic (exact) mass is 512 g/mol. The predicted octanol–water partition coefficient (Wildman–Crippen LogP) is 4.08. The number of thiophene rings is 1. The molecular weight excluding hydrogens is 484 g/mol. The lowest BCUT2D eigenvalue weighted by Crippen LogP contribution is -2.52. The number of carbonyl (C=O) groups is 2. The molecule has 2 heterocycles. The molecule has 1 saturated heterocycles. The van der Waals surface area contributed by atoms with Gasteiger partial charge in [0, 0.05) is 16.4 Å². The lowest BCUT2D eigenvalue weighted by atomic mass is 9.94. The molecule has 3 aromatic rings. The molecule has 3 N–H and O–H groups in total.